The second-order valence-corrected chi connectivity index (χ2v) is 3.40. The highest BCUT2D eigenvalue weighted by atomic mass is 35.5. The molecule has 0 amide bonds. The average Bonchev–Trinajstić information content (AvgIpc) is 2.05. The summed E-state index contributed by atoms with van der Waals surface area (Å²) in [5, 5.41) is 3.68. The summed E-state index contributed by atoms with van der Waals surface area (Å²) < 4.78 is 5.48. The molecule has 2 heterocycles. The Kier molecular flexibility index (Phi) is 2.66. The lowest BCUT2D eigenvalue weighted by molar-refractivity contribution is 0.217. The Balaban J connectivity index is 1.89. The zero-order valence-electron chi connectivity index (χ0n) is 7.16. The van der Waals surface area contributed by atoms with Crippen LogP contribution < -0.4 is 10.1 Å². The van der Waals surface area contributed by atoms with E-state index in [0.29, 0.717) is 23.6 Å². The summed E-state index contributed by atoms with van der Waals surface area (Å²) in [5.41, 5.74) is 0. The van der Waals surface area contributed by atoms with Crippen LogP contribution in [0, 0.1) is 0 Å². The molecule has 13 heavy (non-hydrogen) atoms. The highest BCUT2D eigenvalue weighted by Gasteiger charge is 2.17. The smallest absolute Gasteiger partial charge is 0.171 e. The van der Waals surface area contributed by atoms with Crippen LogP contribution in [0.5, 0.6) is 5.75 Å². The number of hydrogen-bond donors (Lipinski definition) is 1. The van der Waals surface area contributed by atoms with Crippen LogP contribution in [0.2, 0.25) is 5.15 Å². The summed E-state index contributed by atoms with van der Waals surface area (Å²) in [5.74, 6) is 0.665. The monoisotopic (exact) mass is 198 g/mol. The van der Waals surface area contributed by atoms with E-state index in [1.54, 1.807) is 6.20 Å². The topological polar surface area (TPSA) is 34.1 Å². The number of aromatic nitrogens is 1. The third-order valence-corrected chi connectivity index (χ3v) is 2.37. The van der Waals surface area contributed by atoms with E-state index >= 15 is 0 Å². The molecule has 4 heteroatoms. The van der Waals surface area contributed by atoms with Crippen molar-refractivity contribution in [1.29, 1.82) is 0 Å². The van der Waals surface area contributed by atoms with E-state index in [1.165, 1.54) is 6.42 Å². The van der Waals surface area contributed by atoms with Gasteiger partial charge in [-0.15, -0.1) is 0 Å². The van der Waals surface area contributed by atoms with E-state index in [1.807, 2.05) is 12.1 Å². The summed E-state index contributed by atoms with van der Waals surface area (Å²) in [6, 6.07) is 4.12. The number of nitrogens with zero attached hydrogens (tertiary/aromatic N) is 1. The number of halogens is 1. The lowest BCUT2D eigenvalue weighted by Crippen LogP contribution is -2.46. The van der Waals surface area contributed by atoms with Gasteiger partial charge in [0.2, 0.25) is 0 Å². The van der Waals surface area contributed by atoms with E-state index in [4.69, 9.17) is 16.3 Å². The Morgan fingerprint density at radius 1 is 1.69 bits per heavy atom. The number of hydrogen-bond acceptors (Lipinski definition) is 3. The van der Waals surface area contributed by atoms with Gasteiger partial charge in [0.05, 0.1) is 0 Å². The molecule has 0 radical (unpaired) electrons. The summed E-state index contributed by atoms with van der Waals surface area (Å²) in [4.78, 5) is 3.92. The second kappa shape index (κ2) is 3.94. The van der Waals surface area contributed by atoms with Crippen molar-refractivity contribution in [3.05, 3.63) is 23.5 Å². The molecule has 0 spiro atoms. The zero-order chi connectivity index (χ0) is 9.10. The second-order valence-electron chi connectivity index (χ2n) is 3.04. The van der Waals surface area contributed by atoms with Gasteiger partial charge in [0.15, 0.2) is 10.9 Å². The molecule has 2 rings (SSSR count). The third kappa shape index (κ3) is 2.11. The van der Waals surface area contributed by atoms with E-state index < -0.39 is 0 Å². The molecular formula is C9H11ClN2O. The maximum Gasteiger partial charge on any atom is 0.171 e. The molecule has 70 valence electrons. The molecule has 0 unspecified atom stereocenters. The van der Waals surface area contributed by atoms with Crippen molar-refractivity contribution < 1.29 is 4.74 Å². The van der Waals surface area contributed by atoms with Gasteiger partial charge in [-0.1, -0.05) is 11.6 Å². The van der Waals surface area contributed by atoms with Crippen molar-refractivity contribution in [2.24, 2.45) is 0 Å². The van der Waals surface area contributed by atoms with Crippen molar-refractivity contribution in [3.8, 4) is 5.75 Å². The number of ether oxygens (including phenoxy) is 1. The normalized spacial score (nSPS) is 20.8. The van der Waals surface area contributed by atoms with Crippen molar-refractivity contribution in [3.63, 3.8) is 0 Å². The van der Waals surface area contributed by atoms with Gasteiger partial charge < -0.3 is 10.1 Å². The Morgan fingerprint density at radius 3 is 3.15 bits per heavy atom. The first kappa shape index (κ1) is 8.78. The molecule has 1 aromatic heterocycles. The standard InChI is InChI=1S/C9H11ClN2O/c10-9-8(2-1-4-12-9)13-6-7-3-5-11-7/h1-2,4,7,11H,3,5-6H2/t7-/m0/s1. The molecule has 1 saturated heterocycles. The van der Waals surface area contributed by atoms with Crippen molar-refractivity contribution in [2.45, 2.75) is 12.5 Å². The van der Waals surface area contributed by atoms with Gasteiger partial charge in [0.1, 0.15) is 6.61 Å². The molecule has 0 saturated carbocycles. The van der Waals surface area contributed by atoms with Gasteiger partial charge in [-0.3, -0.25) is 0 Å². The molecule has 0 aliphatic carbocycles. The average molecular weight is 199 g/mol. The molecule has 1 aliphatic heterocycles. The van der Waals surface area contributed by atoms with Gasteiger partial charge in [0.25, 0.3) is 0 Å². The number of pyridine rings is 1. The van der Waals surface area contributed by atoms with Crippen LogP contribution in [0.4, 0.5) is 0 Å². The van der Waals surface area contributed by atoms with Crippen molar-refractivity contribution >= 4 is 11.6 Å². The van der Waals surface area contributed by atoms with Gasteiger partial charge in [-0.25, -0.2) is 4.98 Å². The first-order valence-electron chi connectivity index (χ1n) is 4.33. The molecular weight excluding hydrogens is 188 g/mol. The van der Waals surface area contributed by atoms with E-state index in [2.05, 4.69) is 10.3 Å². The Hall–Kier alpha value is -0.800. The minimum absolute atomic E-state index is 0.432. The van der Waals surface area contributed by atoms with Crippen LogP contribution in [0.25, 0.3) is 0 Å². The molecule has 1 fully saturated rings. The third-order valence-electron chi connectivity index (χ3n) is 2.09. The van der Waals surface area contributed by atoms with E-state index in [9.17, 15) is 0 Å². The molecule has 1 atom stereocenters. The fourth-order valence-electron chi connectivity index (χ4n) is 1.16. The SMILES string of the molecule is Clc1ncccc1OC[C@@H]1CCN1. The van der Waals surface area contributed by atoms with Gasteiger partial charge in [-0.05, 0) is 25.1 Å². The molecule has 1 aromatic rings. The fraction of sp³-hybridized carbons (Fsp3) is 0.444. The van der Waals surface area contributed by atoms with E-state index in [0.717, 1.165) is 6.54 Å². The molecule has 0 bridgehead atoms. The molecule has 1 N–H and O–H groups in total. The quantitative estimate of drug-likeness (QED) is 0.748. The summed E-state index contributed by atoms with van der Waals surface area (Å²) in [6.45, 7) is 1.76. The van der Waals surface area contributed by atoms with Crippen LogP contribution in [0.15, 0.2) is 18.3 Å². The van der Waals surface area contributed by atoms with Gasteiger partial charge >= 0.3 is 0 Å². The maximum atomic E-state index is 5.81. The largest absolute Gasteiger partial charge is 0.489 e. The lowest BCUT2D eigenvalue weighted by atomic mass is 10.1. The summed E-state index contributed by atoms with van der Waals surface area (Å²) >= 11 is 5.81. The minimum Gasteiger partial charge on any atom is -0.489 e. The van der Waals surface area contributed by atoms with Crippen molar-refractivity contribution in [1.82, 2.24) is 10.3 Å². The fourth-order valence-corrected chi connectivity index (χ4v) is 1.33. The lowest BCUT2D eigenvalue weighted by Gasteiger charge is -2.27. The Labute approximate surface area is 82.1 Å². The van der Waals surface area contributed by atoms with Gasteiger partial charge in [0, 0.05) is 12.2 Å². The Bertz CT molecular complexity index is 289. The first-order valence-corrected chi connectivity index (χ1v) is 4.71. The summed E-state index contributed by atoms with van der Waals surface area (Å²) in [7, 11) is 0. The predicted octanol–water partition coefficient (Wildman–Crippen LogP) is 1.48. The van der Waals surface area contributed by atoms with Crippen LogP contribution in [0.1, 0.15) is 6.42 Å². The van der Waals surface area contributed by atoms with Crippen LogP contribution in [-0.2, 0) is 0 Å². The Morgan fingerprint density at radius 2 is 2.54 bits per heavy atom. The zero-order valence-corrected chi connectivity index (χ0v) is 7.92. The number of rotatable bonds is 3. The van der Waals surface area contributed by atoms with Crippen LogP contribution in [0.3, 0.4) is 0 Å². The number of nitrogens with one attached hydrogen (secondary N) is 1. The van der Waals surface area contributed by atoms with Gasteiger partial charge in [-0.2, -0.15) is 0 Å². The van der Waals surface area contributed by atoms with Crippen LogP contribution in [-0.4, -0.2) is 24.2 Å². The maximum absolute atomic E-state index is 5.81. The van der Waals surface area contributed by atoms with Crippen molar-refractivity contribution in [2.75, 3.05) is 13.2 Å². The molecule has 0 aromatic carbocycles. The summed E-state index contributed by atoms with van der Waals surface area (Å²) in [6.07, 6.45) is 2.83. The highest BCUT2D eigenvalue weighted by molar-refractivity contribution is 6.30. The molecule has 1 aliphatic rings. The molecule has 3 nitrogen and oxygen atoms in total. The van der Waals surface area contributed by atoms with Crippen LogP contribution >= 0.6 is 11.6 Å². The minimum atomic E-state index is 0.432. The van der Waals surface area contributed by atoms with E-state index in [-0.39, 0.29) is 0 Å². The highest BCUT2D eigenvalue weighted by Crippen LogP contribution is 2.20. The first-order chi connectivity index (χ1) is 6.36. The predicted molar refractivity (Wildman–Crippen MR) is 51.1 cm³/mol.